The van der Waals surface area contributed by atoms with Gasteiger partial charge >= 0.3 is 0 Å². The van der Waals surface area contributed by atoms with Crippen molar-refractivity contribution in [2.45, 2.75) is 122 Å². The Morgan fingerprint density at radius 2 is 1.21 bits per heavy atom. The van der Waals surface area contributed by atoms with Gasteiger partial charge in [-0.3, -0.25) is 19.2 Å². The van der Waals surface area contributed by atoms with Gasteiger partial charge in [0, 0.05) is 60.9 Å². The fourth-order valence-electron chi connectivity index (χ4n) is 7.83. The predicted molar refractivity (Wildman–Crippen MR) is 206 cm³/mol. The first kappa shape index (κ1) is 39.5. The summed E-state index contributed by atoms with van der Waals surface area (Å²) in [6.45, 7) is 6.53. The van der Waals surface area contributed by atoms with Crippen molar-refractivity contribution in [3.63, 3.8) is 0 Å². The Morgan fingerprint density at radius 1 is 0.717 bits per heavy atom. The van der Waals surface area contributed by atoms with Crippen LogP contribution in [-0.4, -0.2) is 80.2 Å². The van der Waals surface area contributed by atoms with Gasteiger partial charge in [-0.25, -0.2) is 0 Å². The number of para-hydroxylation sites is 2. The molecule has 1 aliphatic rings. The Morgan fingerprint density at radius 3 is 1.70 bits per heavy atom. The molecule has 7 atom stereocenters. The quantitative estimate of drug-likeness (QED) is 0.0807. The lowest BCUT2D eigenvalue weighted by Crippen LogP contribution is -2.61. The summed E-state index contributed by atoms with van der Waals surface area (Å²) in [4.78, 5) is 59.0. The molecule has 1 aliphatic carbocycles. The minimum Gasteiger partial charge on any atom is -0.388 e. The second-order valence-electron chi connectivity index (χ2n) is 14.9. The number of amides is 4. The smallest absolute Gasteiger partial charge is 0.243 e. The van der Waals surface area contributed by atoms with E-state index in [1.807, 2.05) is 74.8 Å². The Kier molecular flexibility index (Phi) is 13.7. The second kappa shape index (κ2) is 18.4. The third kappa shape index (κ3) is 10.3. The van der Waals surface area contributed by atoms with Crippen LogP contribution >= 0.6 is 0 Å². The standard InChI is InChI=1S/C41H56N6O6/c1-5-24(2)37(47-41(53)36(45-26(4)49)21-29-23-43-33-18-12-10-16-31(29)33)39(51)38(50)34(19-27-13-7-6-8-14-27)46-40(52)35(44-25(3)48)20-28-22-42-32-17-11-9-15-30(28)32/h9-12,15-18,22-24,27,34-39,42-43,50-51H,5-8,13-14,19-21H2,1-4H3,(H,44,48)(H,45,49)(H,46,52)(H,47,53)/t24?,34-,35-,36-,37-,38-,39-/m0/s1. The van der Waals surface area contributed by atoms with E-state index >= 15 is 0 Å². The van der Waals surface area contributed by atoms with Gasteiger partial charge in [0.15, 0.2) is 0 Å². The SMILES string of the molecule is CCC(C)[C@H](NC(=O)[C@H](Cc1c[nH]c2ccccc12)NC(C)=O)[C@H](O)[C@@H](O)[C@H](CC1CCCCC1)NC(=O)[C@H](Cc1c[nH]c2ccccc12)NC(C)=O. The van der Waals surface area contributed by atoms with Crippen LogP contribution in [0, 0.1) is 11.8 Å². The molecule has 2 aromatic carbocycles. The molecule has 5 rings (SSSR count). The summed E-state index contributed by atoms with van der Waals surface area (Å²) in [5.74, 6) is -1.74. The highest BCUT2D eigenvalue weighted by molar-refractivity contribution is 5.90. The Balaban J connectivity index is 1.37. The van der Waals surface area contributed by atoms with E-state index in [0.29, 0.717) is 12.8 Å². The molecule has 1 unspecified atom stereocenters. The van der Waals surface area contributed by atoms with Crippen molar-refractivity contribution in [3.8, 4) is 0 Å². The van der Waals surface area contributed by atoms with Crippen molar-refractivity contribution in [1.29, 1.82) is 0 Å². The molecule has 4 aromatic rings. The summed E-state index contributed by atoms with van der Waals surface area (Å²) in [6, 6.07) is 11.8. The zero-order valence-electron chi connectivity index (χ0n) is 31.3. The lowest BCUT2D eigenvalue weighted by molar-refractivity contribution is -0.132. The minimum absolute atomic E-state index is 0.211. The maximum absolute atomic E-state index is 14.1. The molecule has 1 fully saturated rings. The molecule has 0 bridgehead atoms. The number of aliphatic hydroxyl groups is 2. The number of rotatable bonds is 17. The first-order chi connectivity index (χ1) is 25.4. The summed E-state index contributed by atoms with van der Waals surface area (Å²) < 4.78 is 0. The molecule has 12 nitrogen and oxygen atoms in total. The van der Waals surface area contributed by atoms with Gasteiger partial charge in [-0.15, -0.1) is 0 Å². The molecule has 0 spiro atoms. The molecule has 0 aliphatic heterocycles. The maximum atomic E-state index is 14.1. The van der Waals surface area contributed by atoms with E-state index < -0.39 is 48.2 Å². The summed E-state index contributed by atoms with van der Waals surface area (Å²) in [5, 5.41) is 37.3. The highest BCUT2D eigenvalue weighted by Gasteiger charge is 2.39. The summed E-state index contributed by atoms with van der Waals surface area (Å²) in [5.41, 5.74) is 3.54. The van der Waals surface area contributed by atoms with Crippen LogP contribution in [-0.2, 0) is 32.0 Å². The minimum atomic E-state index is -1.46. The number of hydrogen-bond acceptors (Lipinski definition) is 6. The molecule has 53 heavy (non-hydrogen) atoms. The van der Waals surface area contributed by atoms with E-state index in [1.54, 1.807) is 0 Å². The number of nitrogens with one attached hydrogen (secondary N) is 6. The first-order valence-electron chi connectivity index (χ1n) is 19.1. The third-order valence-corrected chi connectivity index (χ3v) is 10.9. The topological polar surface area (TPSA) is 188 Å². The van der Waals surface area contributed by atoms with Gasteiger partial charge < -0.3 is 41.4 Å². The van der Waals surface area contributed by atoms with Crippen LogP contribution in [0.15, 0.2) is 60.9 Å². The number of H-pyrrole nitrogens is 2. The molecular formula is C41H56N6O6. The van der Waals surface area contributed by atoms with E-state index in [9.17, 15) is 29.4 Å². The zero-order chi connectivity index (χ0) is 38.1. The van der Waals surface area contributed by atoms with Gasteiger partial charge in [0.1, 0.15) is 24.3 Å². The highest BCUT2D eigenvalue weighted by Crippen LogP contribution is 2.30. The Bertz CT molecular complexity index is 1850. The molecule has 0 saturated heterocycles. The fraction of sp³-hybridized carbons (Fsp3) is 0.512. The summed E-state index contributed by atoms with van der Waals surface area (Å²) in [6.07, 6.45) is 7.30. The maximum Gasteiger partial charge on any atom is 0.243 e. The van der Waals surface area contributed by atoms with E-state index in [4.69, 9.17) is 0 Å². The van der Waals surface area contributed by atoms with Gasteiger partial charge in [-0.05, 0) is 41.5 Å². The molecule has 8 N–H and O–H groups in total. The van der Waals surface area contributed by atoms with E-state index in [0.717, 1.165) is 65.0 Å². The monoisotopic (exact) mass is 728 g/mol. The zero-order valence-corrected chi connectivity index (χ0v) is 31.3. The lowest BCUT2D eigenvalue weighted by atomic mass is 9.81. The van der Waals surface area contributed by atoms with Crippen LogP contribution < -0.4 is 21.3 Å². The van der Waals surface area contributed by atoms with Crippen LogP contribution in [0.25, 0.3) is 21.8 Å². The highest BCUT2D eigenvalue weighted by atomic mass is 16.3. The number of carbonyl (C=O) groups is 4. The second-order valence-corrected chi connectivity index (χ2v) is 14.9. The average molecular weight is 729 g/mol. The van der Waals surface area contributed by atoms with Crippen LogP contribution in [0.5, 0.6) is 0 Å². The molecule has 1 saturated carbocycles. The largest absolute Gasteiger partial charge is 0.388 e. The molecule has 0 radical (unpaired) electrons. The van der Waals surface area contributed by atoms with Crippen molar-refractivity contribution in [1.82, 2.24) is 31.2 Å². The van der Waals surface area contributed by atoms with Crippen LogP contribution in [0.2, 0.25) is 0 Å². The van der Waals surface area contributed by atoms with Crippen LogP contribution in [0.4, 0.5) is 0 Å². The number of benzene rings is 2. The normalized spacial score (nSPS) is 17.6. The van der Waals surface area contributed by atoms with Gasteiger partial charge in [-0.2, -0.15) is 0 Å². The Hall–Kier alpha value is -4.68. The van der Waals surface area contributed by atoms with Gasteiger partial charge in [-0.1, -0.05) is 88.8 Å². The van der Waals surface area contributed by atoms with Crippen molar-refractivity contribution >= 4 is 45.4 Å². The number of hydrogen-bond donors (Lipinski definition) is 8. The molecule has 2 aromatic heterocycles. The predicted octanol–water partition coefficient (Wildman–Crippen LogP) is 4.15. The van der Waals surface area contributed by atoms with Crippen molar-refractivity contribution in [2.75, 3.05) is 0 Å². The number of fused-ring (bicyclic) bond motifs is 2. The first-order valence-corrected chi connectivity index (χ1v) is 19.1. The van der Waals surface area contributed by atoms with E-state index in [-0.39, 0.29) is 36.5 Å². The van der Waals surface area contributed by atoms with Crippen molar-refractivity contribution < 1.29 is 29.4 Å². The number of aromatic amines is 2. The van der Waals surface area contributed by atoms with Gasteiger partial charge in [0.05, 0.1) is 12.1 Å². The number of aliphatic hydroxyl groups excluding tert-OH is 2. The fourth-order valence-corrected chi connectivity index (χ4v) is 7.83. The summed E-state index contributed by atoms with van der Waals surface area (Å²) >= 11 is 0. The molecule has 12 heteroatoms. The summed E-state index contributed by atoms with van der Waals surface area (Å²) in [7, 11) is 0. The molecule has 2 heterocycles. The van der Waals surface area contributed by atoms with Crippen LogP contribution in [0.3, 0.4) is 0 Å². The molecular weight excluding hydrogens is 672 g/mol. The van der Waals surface area contributed by atoms with Crippen molar-refractivity contribution in [2.24, 2.45) is 11.8 Å². The third-order valence-electron chi connectivity index (χ3n) is 10.9. The number of carbonyl (C=O) groups excluding carboxylic acids is 4. The number of aromatic nitrogens is 2. The van der Waals surface area contributed by atoms with Crippen molar-refractivity contribution in [3.05, 3.63) is 72.1 Å². The van der Waals surface area contributed by atoms with Gasteiger partial charge in [0.2, 0.25) is 23.6 Å². The van der Waals surface area contributed by atoms with E-state index in [1.165, 1.54) is 13.8 Å². The average Bonchev–Trinajstić information content (AvgIpc) is 3.76. The lowest BCUT2D eigenvalue weighted by Gasteiger charge is -2.38. The van der Waals surface area contributed by atoms with Crippen LogP contribution in [0.1, 0.15) is 83.8 Å². The van der Waals surface area contributed by atoms with E-state index in [2.05, 4.69) is 31.2 Å². The van der Waals surface area contributed by atoms with Gasteiger partial charge in [0.25, 0.3) is 0 Å². The Labute approximate surface area is 311 Å². The molecule has 4 amide bonds. The molecule has 286 valence electrons.